The molecule has 6 rings (SSSR count). The van der Waals surface area contributed by atoms with Gasteiger partial charge in [-0.2, -0.15) is 5.10 Å². The summed E-state index contributed by atoms with van der Waals surface area (Å²) in [5.41, 5.74) is 15.9. The van der Waals surface area contributed by atoms with Gasteiger partial charge >= 0.3 is 0 Å². The van der Waals surface area contributed by atoms with Crippen molar-refractivity contribution in [3.63, 3.8) is 0 Å². The highest BCUT2D eigenvalue weighted by atomic mass is 16.2. The van der Waals surface area contributed by atoms with Crippen LogP contribution in [-0.4, -0.2) is 54.9 Å². The maximum atomic E-state index is 13.5. The molecule has 12 nitrogen and oxygen atoms in total. The number of primary amides is 1. The molecule has 3 amide bonds. The third kappa shape index (κ3) is 5.85. The van der Waals surface area contributed by atoms with E-state index in [9.17, 15) is 19.2 Å². The van der Waals surface area contributed by atoms with Crippen molar-refractivity contribution in [1.82, 2.24) is 24.1 Å². The average Bonchev–Trinajstić information content (AvgIpc) is 3.46. The van der Waals surface area contributed by atoms with Gasteiger partial charge in [-0.3, -0.25) is 23.7 Å². The molecular formula is C35H36N8O4. The van der Waals surface area contributed by atoms with E-state index in [0.717, 1.165) is 29.7 Å². The fourth-order valence-corrected chi connectivity index (χ4v) is 6.30. The van der Waals surface area contributed by atoms with Crippen molar-refractivity contribution in [2.45, 2.75) is 39.5 Å². The quantitative estimate of drug-likeness (QED) is 0.242. The van der Waals surface area contributed by atoms with Crippen LogP contribution >= 0.6 is 0 Å². The third-order valence-corrected chi connectivity index (χ3v) is 8.75. The van der Waals surface area contributed by atoms with Crippen LogP contribution in [0.4, 0.5) is 11.5 Å². The molecule has 5 aromatic rings. The Morgan fingerprint density at radius 2 is 1.64 bits per heavy atom. The maximum absolute atomic E-state index is 13.5. The van der Waals surface area contributed by atoms with E-state index in [-0.39, 0.29) is 28.9 Å². The fourth-order valence-electron chi connectivity index (χ4n) is 6.30. The number of amides is 3. The second kappa shape index (κ2) is 12.5. The van der Waals surface area contributed by atoms with Crippen molar-refractivity contribution in [2.75, 3.05) is 24.1 Å². The Morgan fingerprint density at radius 1 is 0.957 bits per heavy atom. The molecule has 0 aliphatic carbocycles. The molecule has 1 saturated heterocycles. The van der Waals surface area contributed by atoms with E-state index in [0.29, 0.717) is 41.5 Å². The zero-order chi connectivity index (χ0) is 33.4. The van der Waals surface area contributed by atoms with Gasteiger partial charge in [0, 0.05) is 53.3 Å². The number of rotatable bonds is 7. The van der Waals surface area contributed by atoms with Gasteiger partial charge in [0.1, 0.15) is 17.4 Å². The van der Waals surface area contributed by atoms with Gasteiger partial charge in [0.2, 0.25) is 5.91 Å². The largest absolute Gasteiger partial charge is 0.382 e. The molecule has 0 atom stereocenters. The number of benzene rings is 2. The van der Waals surface area contributed by atoms with Crippen molar-refractivity contribution in [3.05, 3.63) is 106 Å². The molecule has 3 aromatic heterocycles. The van der Waals surface area contributed by atoms with Gasteiger partial charge < -0.3 is 21.7 Å². The lowest BCUT2D eigenvalue weighted by Gasteiger charge is -2.33. The minimum atomic E-state index is -0.748. The predicted octanol–water partition coefficient (Wildman–Crippen LogP) is 4.15. The first-order valence-electron chi connectivity index (χ1n) is 15.5. The first kappa shape index (κ1) is 31.2. The molecule has 5 N–H and O–H groups in total. The second-order valence-corrected chi connectivity index (χ2v) is 12.1. The summed E-state index contributed by atoms with van der Waals surface area (Å²) >= 11 is 0. The molecule has 0 saturated carbocycles. The minimum Gasteiger partial charge on any atom is -0.382 e. The van der Waals surface area contributed by atoms with Gasteiger partial charge in [0.05, 0.1) is 5.56 Å². The van der Waals surface area contributed by atoms with E-state index in [4.69, 9.17) is 11.5 Å². The summed E-state index contributed by atoms with van der Waals surface area (Å²) in [5.74, 6) is -0.773. The van der Waals surface area contributed by atoms with Crippen LogP contribution in [0.2, 0.25) is 0 Å². The lowest BCUT2D eigenvalue weighted by atomic mass is 9.92. The van der Waals surface area contributed by atoms with Crippen LogP contribution in [0.15, 0.2) is 77.9 Å². The Kier molecular flexibility index (Phi) is 8.33. The van der Waals surface area contributed by atoms with Crippen LogP contribution in [0, 0.1) is 12.8 Å². The second-order valence-electron chi connectivity index (χ2n) is 12.1. The molecule has 12 heteroatoms. The van der Waals surface area contributed by atoms with Crippen molar-refractivity contribution in [3.8, 4) is 16.8 Å². The molecular weight excluding hydrogens is 596 g/mol. The summed E-state index contributed by atoms with van der Waals surface area (Å²) in [6, 6.07) is 19.2. The number of para-hydroxylation sites is 1. The Balaban J connectivity index is 1.28. The van der Waals surface area contributed by atoms with E-state index in [1.165, 1.54) is 17.0 Å². The first-order chi connectivity index (χ1) is 22.5. The number of fused-ring (bicyclic) bond motifs is 1. The Hall–Kier alpha value is -5.78. The van der Waals surface area contributed by atoms with Crippen molar-refractivity contribution in [1.29, 1.82) is 0 Å². The number of nitrogens with two attached hydrogens (primary N) is 2. The number of piperidine rings is 1. The number of carbonyl (C=O) groups excluding carboxylic acids is 3. The summed E-state index contributed by atoms with van der Waals surface area (Å²) in [7, 11) is 0. The number of pyridine rings is 1. The molecule has 4 heterocycles. The average molecular weight is 633 g/mol. The van der Waals surface area contributed by atoms with Crippen LogP contribution in [-0.2, 0) is 4.79 Å². The smallest absolute Gasteiger partial charge is 0.268 e. The number of anilines is 2. The fraction of sp³-hybridized carbons (Fsp3) is 0.257. The summed E-state index contributed by atoms with van der Waals surface area (Å²) < 4.78 is 3.15. The highest BCUT2D eigenvalue weighted by molar-refractivity contribution is 6.06. The Labute approximate surface area is 271 Å². The van der Waals surface area contributed by atoms with E-state index >= 15 is 0 Å². The number of nitrogen functional groups attached to an aromatic ring is 1. The van der Waals surface area contributed by atoms with Crippen molar-refractivity contribution < 1.29 is 14.4 Å². The summed E-state index contributed by atoms with van der Waals surface area (Å²) in [5, 5.41) is 7.30. The summed E-state index contributed by atoms with van der Waals surface area (Å²) in [4.78, 5) is 57.9. The van der Waals surface area contributed by atoms with Gasteiger partial charge in [0.25, 0.3) is 17.4 Å². The highest BCUT2D eigenvalue weighted by Gasteiger charge is 2.29. The molecule has 1 aliphatic heterocycles. The predicted molar refractivity (Wildman–Crippen MR) is 179 cm³/mol. The number of nitrogens with zero attached hydrogens (tertiary/aromatic N) is 5. The number of hydrogen-bond acceptors (Lipinski definition) is 7. The number of carbonyl (C=O) groups is 3. The molecule has 47 heavy (non-hydrogen) atoms. The zero-order valence-corrected chi connectivity index (χ0v) is 26.4. The van der Waals surface area contributed by atoms with E-state index < -0.39 is 17.4 Å². The molecule has 0 radical (unpaired) electrons. The normalized spacial score (nSPS) is 13.7. The zero-order valence-electron chi connectivity index (χ0n) is 26.4. The molecule has 2 aromatic carbocycles. The van der Waals surface area contributed by atoms with Crippen molar-refractivity contribution in [2.24, 2.45) is 11.7 Å². The van der Waals surface area contributed by atoms with Crippen molar-refractivity contribution >= 4 is 34.7 Å². The van der Waals surface area contributed by atoms with Crippen LogP contribution in [0.1, 0.15) is 64.7 Å². The summed E-state index contributed by atoms with van der Waals surface area (Å²) in [6.45, 7) is 6.80. The topological polar surface area (TPSA) is 171 Å². The molecule has 0 spiro atoms. The van der Waals surface area contributed by atoms with Gasteiger partial charge in [-0.25, -0.2) is 9.50 Å². The SMILES string of the molecule is Cc1c(C(N)=O)cc(C(=O)Nc2ccc(-c3cc(C4CCN(C(=O)C(C)C)CC4)n4ncnc(N)c34)cc2)c(=O)n1-c1ccccc1. The molecule has 1 aliphatic rings. The first-order valence-corrected chi connectivity index (χ1v) is 15.5. The lowest BCUT2D eigenvalue weighted by molar-refractivity contribution is -0.135. The van der Waals surface area contributed by atoms with Gasteiger partial charge in [-0.1, -0.05) is 44.2 Å². The van der Waals surface area contributed by atoms with E-state index in [1.54, 1.807) is 49.4 Å². The van der Waals surface area contributed by atoms with E-state index in [1.807, 2.05) is 35.4 Å². The van der Waals surface area contributed by atoms with Crippen LogP contribution < -0.4 is 22.3 Å². The number of hydrogen-bond donors (Lipinski definition) is 3. The Bertz CT molecular complexity index is 2060. The van der Waals surface area contributed by atoms with Gasteiger partial charge in [-0.05, 0) is 61.7 Å². The van der Waals surface area contributed by atoms with Crippen LogP contribution in [0.5, 0.6) is 0 Å². The van der Waals surface area contributed by atoms with Gasteiger partial charge in [-0.15, -0.1) is 0 Å². The van der Waals surface area contributed by atoms with Crippen LogP contribution in [0.25, 0.3) is 22.3 Å². The highest BCUT2D eigenvalue weighted by Crippen LogP contribution is 2.37. The van der Waals surface area contributed by atoms with Crippen LogP contribution in [0.3, 0.4) is 0 Å². The van der Waals surface area contributed by atoms with E-state index in [2.05, 4.69) is 21.5 Å². The van der Waals surface area contributed by atoms with Gasteiger partial charge in [0.15, 0.2) is 5.82 Å². The number of likely N-dealkylation sites (tertiary alicyclic amines) is 1. The number of nitrogens with one attached hydrogen (secondary N) is 1. The lowest BCUT2D eigenvalue weighted by Crippen LogP contribution is -2.40. The molecule has 0 bridgehead atoms. The number of aromatic nitrogens is 4. The maximum Gasteiger partial charge on any atom is 0.268 e. The molecule has 0 unspecified atom stereocenters. The standard InChI is InChI=1S/C35H36N8O4/c1-20(2)34(46)41-15-13-23(14-16-41)29-18-27(30-31(36)38-19-39-43(29)30)22-9-11-24(12-10-22)40-33(45)28-17-26(32(37)44)21(3)42(35(28)47)25-7-5-4-6-8-25/h4-12,17-20,23H,13-16H2,1-3H3,(H2,37,44)(H,40,45)(H2,36,38,39). The molecule has 240 valence electrons. The Morgan fingerprint density at radius 3 is 2.28 bits per heavy atom. The monoisotopic (exact) mass is 632 g/mol. The minimum absolute atomic E-state index is 0.0370. The molecule has 1 fully saturated rings. The third-order valence-electron chi connectivity index (χ3n) is 8.75. The summed E-state index contributed by atoms with van der Waals surface area (Å²) in [6.07, 6.45) is 3.05.